The van der Waals surface area contributed by atoms with Crippen LogP contribution >= 0.6 is 11.6 Å². The number of nitrogens with one attached hydrogen (secondary N) is 1. The molecule has 0 aliphatic carbocycles. The number of benzene rings is 2. The van der Waals surface area contributed by atoms with Gasteiger partial charge in [-0.05, 0) is 49.2 Å². The fraction of sp³-hybridized carbons (Fsp3) is 0.400. The van der Waals surface area contributed by atoms with Crippen LogP contribution < -0.4 is 10.1 Å². The number of amides is 2. The predicted molar refractivity (Wildman–Crippen MR) is 133 cm³/mol. The largest absolute Gasteiger partial charge is 0.468 e. The molecular formula is C25H27ClFN5O4. The van der Waals surface area contributed by atoms with Crippen molar-refractivity contribution in [2.24, 2.45) is 0 Å². The minimum atomic E-state index is -0.486. The van der Waals surface area contributed by atoms with Crippen molar-refractivity contribution in [1.29, 1.82) is 0 Å². The quantitative estimate of drug-likeness (QED) is 0.486. The molecular weight excluding hydrogens is 489 g/mol. The molecule has 2 fully saturated rings. The van der Waals surface area contributed by atoms with Gasteiger partial charge in [-0.2, -0.15) is 0 Å². The minimum Gasteiger partial charge on any atom is -0.468 e. The van der Waals surface area contributed by atoms with Crippen molar-refractivity contribution in [3.8, 4) is 5.75 Å². The van der Waals surface area contributed by atoms with E-state index in [4.69, 9.17) is 25.8 Å². The van der Waals surface area contributed by atoms with Gasteiger partial charge in [0, 0.05) is 37.3 Å². The van der Waals surface area contributed by atoms with E-state index in [1.807, 2.05) is 28.0 Å². The Morgan fingerprint density at radius 1 is 1.08 bits per heavy atom. The Labute approximate surface area is 213 Å². The fourth-order valence-electron chi connectivity index (χ4n) is 4.30. The van der Waals surface area contributed by atoms with Gasteiger partial charge in [0.25, 0.3) is 0 Å². The van der Waals surface area contributed by atoms with E-state index in [0.717, 1.165) is 23.7 Å². The third-order valence-corrected chi connectivity index (χ3v) is 6.60. The van der Waals surface area contributed by atoms with Gasteiger partial charge in [0.05, 0.1) is 29.9 Å². The first-order valence-electron chi connectivity index (χ1n) is 11.9. The van der Waals surface area contributed by atoms with Crippen LogP contribution in [0.4, 0.5) is 20.7 Å². The van der Waals surface area contributed by atoms with Crippen molar-refractivity contribution < 1.29 is 23.4 Å². The van der Waals surface area contributed by atoms with Gasteiger partial charge in [-0.15, -0.1) is 0 Å². The highest BCUT2D eigenvalue weighted by atomic mass is 35.5. The van der Waals surface area contributed by atoms with Gasteiger partial charge in [0.15, 0.2) is 6.79 Å². The van der Waals surface area contributed by atoms with Crippen LogP contribution in [0.5, 0.6) is 5.75 Å². The lowest BCUT2D eigenvalue weighted by atomic mass is 10.1. The van der Waals surface area contributed by atoms with E-state index < -0.39 is 5.82 Å². The maximum absolute atomic E-state index is 13.5. The van der Waals surface area contributed by atoms with Crippen molar-refractivity contribution in [1.82, 2.24) is 19.8 Å². The average Bonchev–Trinajstić information content (AvgIpc) is 2.91. The van der Waals surface area contributed by atoms with Gasteiger partial charge in [0.1, 0.15) is 23.7 Å². The Hall–Kier alpha value is -3.21. The van der Waals surface area contributed by atoms with Crippen LogP contribution in [-0.4, -0.2) is 78.1 Å². The summed E-state index contributed by atoms with van der Waals surface area (Å²) in [5, 5.41) is 3.92. The molecule has 0 bridgehead atoms. The van der Waals surface area contributed by atoms with Crippen molar-refractivity contribution in [2.45, 2.75) is 18.9 Å². The number of urea groups is 1. The number of halogens is 2. The number of nitrogens with zero attached hydrogens (tertiary/aromatic N) is 4. The molecule has 0 unspecified atom stereocenters. The third-order valence-electron chi connectivity index (χ3n) is 6.31. The van der Waals surface area contributed by atoms with Gasteiger partial charge in [-0.1, -0.05) is 11.6 Å². The number of fused-ring (bicyclic) bond motifs is 1. The van der Waals surface area contributed by atoms with Gasteiger partial charge < -0.3 is 29.3 Å². The van der Waals surface area contributed by atoms with Crippen LogP contribution in [0, 0.1) is 5.82 Å². The molecule has 2 saturated heterocycles. The highest BCUT2D eigenvalue weighted by Gasteiger charge is 2.27. The normalized spacial score (nSPS) is 16.8. The first kappa shape index (κ1) is 24.5. The standard InChI is InChI=1S/C25H27ClFN5O4/c26-21-13-17(1-3-22(21)27)30-24-20-14-19(2-4-23(20)28-15-29-24)36-16-35-18-5-7-31(8-6-18)25(33)32-9-11-34-12-10-32/h1-4,13-15,18H,5-12,16H2,(H,28,29,30). The number of aromatic nitrogens is 2. The van der Waals surface area contributed by atoms with Crippen LogP contribution in [0.25, 0.3) is 10.9 Å². The number of carbonyl (C=O) groups is 1. The van der Waals surface area contributed by atoms with E-state index in [2.05, 4.69) is 15.3 Å². The van der Waals surface area contributed by atoms with Gasteiger partial charge >= 0.3 is 6.03 Å². The summed E-state index contributed by atoms with van der Waals surface area (Å²) in [4.78, 5) is 25.0. The lowest BCUT2D eigenvalue weighted by Gasteiger charge is -2.36. The lowest BCUT2D eigenvalue weighted by molar-refractivity contribution is -0.0572. The van der Waals surface area contributed by atoms with Crippen molar-refractivity contribution >= 4 is 40.0 Å². The van der Waals surface area contributed by atoms with Crippen LogP contribution in [0.2, 0.25) is 5.02 Å². The van der Waals surface area contributed by atoms with Gasteiger partial charge in [0.2, 0.25) is 0 Å². The minimum absolute atomic E-state index is 0.0239. The predicted octanol–water partition coefficient (Wildman–Crippen LogP) is 4.44. The molecule has 5 rings (SSSR count). The second-order valence-electron chi connectivity index (χ2n) is 8.65. The third kappa shape index (κ3) is 5.77. The molecule has 2 amide bonds. The number of hydrogen-bond donors (Lipinski definition) is 1. The SMILES string of the molecule is O=C(N1CCOCC1)N1CCC(OCOc2ccc3ncnc(Nc4ccc(F)c(Cl)c4)c3c2)CC1. The van der Waals surface area contributed by atoms with Gasteiger partial charge in [-0.25, -0.2) is 19.2 Å². The van der Waals surface area contributed by atoms with Crippen LogP contribution in [0.1, 0.15) is 12.8 Å². The summed E-state index contributed by atoms with van der Waals surface area (Å²) in [5.74, 6) is 0.670. The number of likely N-dealkylation sites (tertiary alicyclic amines) is 1. The van der Waals surface area contributed by atoms with E-state index >= 15 is 0 Å². The first-order valence-corrected chi connectivity index (χ1v) is 12.3. The number of hydrogen-bond acceptors (Lipinski definition) is 7. The Bertz CT molecular complexity index is 1220. The number of anilines is 2. The maximum atomic E-state index is 13.5. The molecule has 190 valence electrons. The number of piperidine rings is 1. The van der Waals surface area contributed by atoms with Crippen molar-refractivity contribution in [3.63, 3.8) is 0 Å². The van der Waals surface area contributed by atoms with Crippen molar-refractivity contribution in [3.05, 3.63) is 53.6 Å². The Morgan fingerprint density at radius 3 is 2.64 bits per heavy atom. The molecule has 36 heavy (non-hydrogen) atoms. The summed E-state index contributed by atoms with van der Waals surface area (Å²) in [6, 6.07) is 9.95. The van der Waals surface area contributed by atoms with Gasteiger partial charge in [-0.3, -0.25) is 0 Å². The summed E-state index contributed by atoms with van der Waals surface area (Å²) >= 11 is 5.90. The summed E-state index contributed by atoms with van der Waals surface area (Å²) < 4.78 is 30.6. The molecule has 9 nitrogen and oxygen atoms in total. The first-order chi connectivity index (χ1) is 17.6. The van der Waals surface area contributed by atoms with E-state index in [1.54, 1.807) is 6.07 Å². The zero-order valence-electron chi connectivity index (χ0n) is 19.7. The Balaban J connectivity index is 1.15. The fourth-order valence-corrected chi connectivity index (χ4v) is 4.48. The van der Waals surface area contributed by atoms with E-state index in [9.17, 15) is 9.18 Å². The number of morpholine rings is 1. The molecule has 3 heterocycles. The second kappa shape index (κ2) is 11.2. The van der Waals surface area contributed by atoms with Crippen molar-refractivity contribution in [2.75, 3.05) is 51.5 Å². The summed E-state index contributed by atoms with van der Waals surface area (Å²) in [5.41, 5.74) is 1.33. The molecule has 0 saturated carbocycles. The number of rotatable bonds is 6. The Kier molecular flexibility index (Phi) is 7.64. The molecule has 0 radical (unpaired) electrons. The zero-order valence-corrected chi connectivity index (χ0v) is 20.4. The van der Waals surface area contributed by atoms with E-state index in [-0.39, 0.29) is 24.0 Å². The monoisotopic (exact) mass is 515 g/mol. The van der Waals surface area contributed by atoms with E-state index in [1.165, 1.54) is 18.5 Å². The molecule has 1 N–H and O–H groups in total. The summed E-state index contributed by atoms with van der Waals surface area (Å²) in [7, 11) is 0. The molecule has 3 aromatic rings. The van der Waals surface area contributed by atoms with Crippen LogP contribution in [0.15, 0.2) is 42.7 Å². The smallest absolute Gasteiger partial charge is 0.320 e. The molecule has 2 aliphatic heterocycles. The molecule has 2 aliphatic rings. The zero-order chi connectivity index (χ0) is 24.9. The second-order valence-corrected chi connectivity index (χ2v) is 9.06. The molecule has 2 aromatic carbocycles. The summed E-state index contributed by atoms with van der Waals surface area (Å²) in [6.45, 7) is 3.91. The summed E-state index contributed by atoms with van der Waals surface area (Å²) in [6.07, 6.45) is 3.01. The molecule has 0 atom stereocenters. The van der Waals surface area contributed by atoms with Crippen LogP contribution in [-0.2, 0) is 9.47 Å². The molecule has 11 heteroatoms. The van der Waals surface area contributed by atoms with E-state index in [0.29, 0.717) is 56.6 Å². The average molecular weight is 516 g/mol. The number of ether oxygens (including phenoxy) is 3. The maximum Gasteiger partial charge on any atom is 0.320 e. The molecule has 1 aromatic heterocycles. The van der Waals surface area contributed by atoms with Crippen LogP contribution in [0.3, 0.4) is 0 Å². The number of carbonyl (C=O) groups excluding carboxylic acids is 1. The Morgan fingerprint density at radius 2 is 1.86 bits per heavy atom. The lowest BCUT2D eigenvalue weighted by Crippen LogP contribution is -2.51. The topological polar surface area (TPSA) is 89.1 Å². The highest BCUT2D eigenvalue weighted by Crippen LogP contribution is 2.28. The molecule has 0 spiro atoms. The highest BCUT2D eigenvalue weighted by molar-refractivity contribution is 6.31.